The highest BCUT2D eigenvalue weighted by molar-refractivity contribution is 5.87. The molecule has 6 atom stereocenters. The molecule has 3 aliphatic rings. The zero-order valence-electron chi connectivity index (χ0n) is 25.7. The number of ether oxygens (including phenoxy) is 8. The van der Waals surface area contributed by atoms with Crippen molar-refractivity contribution in [3.05, 3.63) is 35.4 Å². The maximum absolute atomic E-state index is 13.0. The van der Waals surface area contributed by atoms with Gasteiger partial charge < -0.3 is 37.9 Å². The molecule has 1 aliphatic carbocycles. The van der Waals surface area contributed by atoms with Crippen LogP contribution in [0.3, 0.4) is 0 Å². The molecule has 41 heavy (non-hydrogen) atoms. The number of methoxy groups -OCH3 is 3. The Bertz CT molecular complexity index is 1090. The summed E-state index contributed by atoms with van der Waals surface area (Å²) in [6.45, 7) is 11.7. The Morgan fingerprint density at radius 3 is 2.37 bits per heavy atom. The van der Waals surface area contributed by atoms with Gasteiger partial charge >= 0.3 is 5.97 Å². The number of allylic oxidation sites excluding steroid dienone is 1. The molecule has 0 bridgehead atoms. The number of hydrogen-bond acceptors (Lipinski definition) is 9. The number of benzene rings is 1. The minimum absolute atomic E-state index is 0.0295. The second kappa shape index (κ2) is 13.2. The van der Waals surface area contributed by atoms with Gasteiger partial charge in [-0.25, -0.2) is 4.79 Å². The molecule has 3 unspecified atom stereocenters. The van der Waals surface area contributed by atoms with Gasteiger partial charge in [0.25, 0.3) is 0 Å². The van der Waals surface area contributed by atoms with E-state index in [-0.39, 0.29) is 35.4 Å². The predicted molar refractivity (Wildman–Crippen MR) is 155 cm³/mol. The third-order valence-electron chi connectivity index (χ3n) is 8.18. The van der Waals surface area contributed by atoms with Crippen LogP contribution >= 0.6 is 0 Å². The highest BCUT2D eigenvalue weighted by Gasteiger charge is 2.72. The molecule has 228 valence electrons. The van der Waals surface area contributed by atoms with Gasteiger partial charge in [-0.1, -0.05) is 11.6 Å². The number of carbonyl (C=O) groups excluding carboxylic acids is 1. The normalized spacial score (nSPS) is 30.4. The first-order valence-corrected chi connectivity index (χ1v) is 14.4. The van der Waals surface area contributed by atoms with Gasteiger partial charge in [-0.05, 0) is 77.7 Å². The molecule has 1 aromatic carbocycles. The van der Waals surface area contributed by atoms with Crippen LogP contribution in [0.25, 0.3) is 6.08 Å². The molecule has 9 heteroatoms. The molecule has 0 aromatic heterocycles. The molecule has 2 aliphatic heterocycles. The van der Waals surface area contributed by atoms with Crippen molar-refractivity contribution in [3.63, 3.8) is 0 Å². The zero-order valence-corrected chi connectivity index (χ0v) is 25.7. The smallest absolute Gasteiger partial charge is 0.331 e. The summed E-state index contributed by atoms with van der Waals surface area (Å²) in [5.74, 6) is 0.986. The fourth-order valence-electron chi connectivity index (χ4n) is 5.99. The molecule has 1 saturated carbocycles. The fourth-order valence-corrected chi connectivity index (χ4v) is 5.99. The van der Waals surface area contributed by atoms with E-state index in [1.54, 1.807) is 39.5 Å². The van der Waals surface area contributed by atoms with Crippen LogP contribution in [0.1, 0.15) is 59.4 Å². The van der Waals surface area contributed by atoms with Crippen molar-refractivity contribution < 1.29 is 42.7 Å². The first-order chi connectivity index (χ1) is 19.6. The lowest BCUT2D eigenvalue weighted by Crippen LogP contribution is -2.55. The molecular formula is C32H46O9. The number of rotatable bonds is 14. The highest BCUT2D eigenvalue weighted by Crippen LogP contribution is 2.59. The van der Waals surface area contributed by atoms with E-state index < -0.39 is 12.1 Å². The number of epoxide rings is 2. The average Bonchev–Trinajstić information content (AvgIpc) is 3.86. The summed E-state index contributed by atoms with van der Waals surface area (Å²) in [6, 6.07) is 3.57. The lowest BCUT2D eigenvalue weighted by atomic mass is 9.68. The third-order valence-corrected chi connectivity index (χ3v) is 8.18. The standard InChI is InChI=1S/C32H46O9/c1-20(2)9-11-26-31(5,41-26)30-29(36-8)23(13-14-32(30)19-39-32)40-27(33)12-10-22-17-24(34-6)28(25(18-22)35-7)38-16-15-37-21(3)4/h9-10,12,17-18,21,23,26,29-30H,11,13-16,19H2,1-8H3/b12-10+/t23?,26?,29-,30?,31-,32+/m1/s1. The van der Waals surface area contributed by atoms with E-state index in [2.05, 4.69) is 26.8 Å². The Labute approximate surface area is 244 Å². The van der Waals surface area contributed by atoms with E-state index in [0.29, 0.717) is 49.1 Å². The van der Waals surface area contributed by atoms with Crippen molar-refractivity contribution in [2.24, 2.45) is 5.92 Å². The molecular weight excluding hydrogens is 528 g/mol. The van der Waals surface area contributed by atoms with E-state index in [4.69, 9.17) is 37.9 Å². The molecule has 1 spiro atoms. The molecule has 0 radical (unpaired) electrons. The molecule has 4 rings (SSSR count). The zero-order chi connectivity index (χ0) is 29.8. The van der Waals surface area contributed by atoms with Crippen molar-refractivity contribution in [2.75, 3.05) is 41.2 Å². The van der Waals surface area contributed by atoms with Gasteiger partial charge in [0.2, 0.25) is 5.75 Å². The van der Waals surface area contributed by atoms with Gasteiger partial charge in [0.05, 0.1) is 45.6 Å². The molecule has 0 amide bonds. The second-order valence-electron chi connectivity index (χ2n) is 11.7. The number of hydrogen-bond donors (Lipinski definition) is 0. The van der Waals surface area contributed by atoms with Crippen molar-refractivity contribution >= 4 is 12.0 Å². The first kappa shape index (κ1) is 31.3. The van der Waals surface area contributed by atoms with E-state index in [9.17, 15) is 4.79 Å². The van der Waals surface area contributed by atoms with Crippen molar-refractivity contribution in [3.8, 4) is 17.2 Å². The van der Waals surface area contributed by atoms with Crippen molar-refractivity contribution in [1.29, 1.82) is 0 Å². The third kappa shape index (κ3) is 7.25. The molecule has 0 N–H and O–H groups in total. The molecule has 9 nitrogen and oxygen atoms in total. The monoisotopic (exact) mass is 574 g/mol. The average molecular weight is 575 g/mol. The van der Waals surface area contributed by atoms with Crippen LogP contribution in [0.2, 0.25) is 0 Å². The second-order valence-corrected chi connectivity index (χ2v) is 11.7. The van der Waals surface area contributed by atoms with E-state index in [0.717, 1.165) is 12.8 Å². The Kier molecular flexibility index (Phi) is 10.1. The van der Waals surface area contributed by atoms with Gasteiger partial charge in [-0.2, -0.15) is 0 Å². The Balaban J connectivity index is 1.43. The van der Waals surface area contributed by atoms with Crippen molar-refractivity contribution in [2.45, 2.75) is 89.5 Å². The van der Waals surface area contributed by atoms with Crippen LogP contribution < -0.4 is 14.2 Å². The molecule has 3 fully saturated rings. The SMILES string of the molecule is COc1cc(/C=C/C(=O)OC2CC[C@]3(CO3)C([C@]3(C)OC3CC=C(C)C)[C@@H]2OC)cc(OC)c1OCCOC(C)C. The van der Waals surface area contributed by atoms with Crippen LogP contribution in [0.15, 0.2) is 29.9 Å². The van der Waals surface area contributed by atoms with E-state index in [1.807, 2.05) is 13.8 Å². The summed E-state index contributed by atoms with van der Waals surface area (Å²) >= 11 is 0. The first-order valence-electron chi connectivity index (χ1n) is 14.4. The van der Waals surface area contributed by atoms with Gasteiger partial charge in [0, 0.05) is 13.2 Å². The summed E-state index contributed by atoms with van der Waals surface area (Å²) in [6.07, 6.45) is 7.07. The Morgan fingerprint density at radius 1 is 1.12 bits per heavy atom. The van der Waals surface area contributed by atoms with Crippen LogP contribution in [0.5, 0.6) is 17.2 Å². The molecule has 2 saturated heterocycles. The summed E-state index contributed by atoms with van der Waals surface area (Å²) in [4.78, 5) is 13.0. The molecule has 2 heterocycles. The predicted octanol–water partition coefficient (Wildman–Crippen LogP) is 5.14. The Morgan fingerprint density at radius 2 is 1.80 bits per heavy atom. The van der Waals surface area contributed by atoms with Gasteiger partial charge in [0.1, 0.15) is 30.0 Å². The lowest BCUT2D eigenvalue weighted by Gasteiger charge is -2.42. The van der Waals surface area contributed by atoms with Crippen molar-refractivity contribution in [1.82, 2.24) is 0 Å². The fraction of sp³-hybridized carbons (Fsp3) is 0.656. The van der Waals surface area contributed by atoms with E-state index >= 15 is 0 Å². The largest absolute Gasteiger partial charge is 0.493 e. The topological polar surface area (TPSA) is 97.5 Å². The van der Waals surface area contributed by atoms with Crippen LogP contribution in [-0.4, -0.2) is 82.7 Å². The van der Waals surface area contributed by atoms with Crippen LogP contribution in [0, 0.1) is 5.92 Å². The number of esters is 1. The van der Waals surface area contributed by atoms with Gasteiger partial charge in [-0.15, -0.1) is 0 Å². The highest BCUT2D eigenvalue weighted by atomic mass is 16.6. The summed E-state index contributed by atoms with van der Waals surface area (Å²) in [7, 11) is 4.79. The lowest BCUT2D eigenvalue weighted by molar-refractivity contribution is -0.166. The molecule has 1 aromatic rings. The van der Waals surface area contributed by atoms with Crippen LogP contribution in [0.4, 0.5) is 0 Å². The van der Waals surface area contributed by atoms with Gasteiger partial charge in [-0.3, -0.25) is 0 Å². The summed E-state index contributed by atoms with van der Waals surface area (Å²) in [5.41, 5.74) is 1.31. The maximum Gasteiger partial charge on any atom is 0.331 e. The quantitative estimate of drug-likeness (QED) is 0.0983. The number of carbonyl (C=O) groups is 1. The van der Waals surface area contributed by atoms with Crippen LogP contribution in [-0.2, 0) is 28.5 Å². The summed E-state index contributed by atoms with van der Waals surface area (Å²) in [5, 5.41) is 0. The summed E-state index contributed by atoms with van der Waals surface area (Å²) < 4.78 is 46.7. The Hall–Kier alpha value is -2.59. The minimum Gasteiger partial charge on any atom is -0.493 e. The van der Waals surface area contributed by atoms with E-state index in [1.165, 1.54) is 11.6 Å². The maximum atomic E-state index is 13.0. The minimum atomic E-state index is -0.449. The van der Waals surface area contributed by atoms with Gasteiger partial charge in [0.15, 0.2) is 11.5 Å².